The second kappa shape index (κ2) is 17.0. The predicted molar refractivity (Wildman–Crippen MR) is 236 cm³/mol. The van der Waals surface area contributed by atoms with E-state index in [4.69, 9.17) is 5.26 Å². The number of aromatic nitrogens is 5. The third kappa shape index (κ3) is 8.20. The summed E-state index contributed by atoms with van der Waals surface area (Å²) in [6, 6.07) is 2.09. The molecule has 8 saturated carbocycles. The summed E-state index contributed by atoms with van der Waals surface area (Å²) in [5.74, 6) is 8.02. The Morgan fingerprint density at radius 1 is 0.661 bits per heavy atom. The summed E-state index contributed by atoms with van der Waals surface area (Å²) in [6.07, 6.45) is 25.3. The zero-order valence-electron chi connectivity index (χ0n) is 37.6. The van der Waals surface area contributed by atoms with E-state index in [1.807, 2.05) is 13.8 Å². The maximum absolute atomic E-state index is 13.3. The minimum Gasteiger partial charge on any atom is -0.390 e. The van der Waals surface area contributed by atoms with Crippen molar-refractivity contribution in [1.82, 2.24) is 24.8 Å². The first-order chi connectivity index (χ1) is 29.0. The molecular formula is C51H76N6O5. The number of Topliss-reactive ketones (excluding diaryl/α,β-unsaturated/α-hetero) is 3. The first-order valence-electron chi connectivity index (χ1n) is 24.3. The van der Waals surface area contributed by atoms with E-state index in [1.54, 1.807) is 21.8 Å². The molecule has 0 aliphatic heterocycles. The van der Waals surface area contributed by atoms with E-state index >= 15 is 0 Å². The van der Waals surface area contributed by atoms with Gasteiger partial charge in [0.2, 0.25) is 0 Å². The molecule has 0 saturated heterocycles. The highest BCUT2D eigenvalue weighted by Gasteiger charge is 2.60. The SMILES string of the molecule is C.CC(=O)c1cn(CC(=O)[C@H]2CC[C@H]3[C@@H]4CC[C@@H]5C[C@](C)(O)CC[C@@H]5[C@H]4CC[C@]23C)nn1.C[C@@]1(O)CC[C@H]2[C@H](CC[C@@H]3[C@@H]2CC[C@]2(C)[C@@H](C(=O)Cn4cc(C#N)cn4)CC[C@@H]32)C1. The molecule has 0 bridgehead atoms. The molecule has 2 aromatic heterocycles. The van der Waals surface area contributed by atoms with Crippen molar-refractivity contribution >= 4 is 17.3 Å². The first-order valence-corrected chi connectivity index (χ1v) is 24.3. The van der Waals surface area contributed by atoms with Crippen LogP contribution in [-0.2, 0) is 22.7 Å². The van der Waals surface area contributed by atoms with E-state index in [9.17, 15) is 24.6 Å². The fourth-order valence-corrected chi connectivity index (χ4v) is 16.8. The van der Waals surface area contributed by atoms with Gasteiger partial charge in [-0.25, -0.2) is 4.68 Å². The molecule has 8 aliphatic rings. The molecule has 0 unspecified atom stereocenters. The van der Waals surface area contributed by atoms with Gasteiger partial charge in [0.05, 0.1) is 35.7 Å². The van der Waals surface area contributed by atoms with Crippen molar-refractivity contribution in [2.24, 2.45) is 81.8 Å². The number of carbonyl (C=O) groups is 3. The van der Waals surface area contributed by atoms with Crippen LogP contribution in [0.1, 0.15) is 174 Å². The van der Waals surface area contributed by atoms with Gasteiger partial charge in [-0.1, -0.05) is 26.5 Å². The molecule has 10 rings (SSSR count). The van der Waals surface area contributed by atoms with Crippen LogP contribution < -0.4 is 0 Å². The van der Waals surface area contributed by atoms with Crippen molar-refractivity contribution in [3.63, 3.8) is 0 Å². The summed E-state index contributed by atoms with van der Waals surface area (Å²) in [5.41, 5.74) is 0.131. The Morgan fingerprint density at radius 3 is 1.60 bits per heavy atom. The van der Waals surface area contributed by atoms with Crippen molar-refractivity contribution in [3.05, 3.63) is 29.8 Å². The van der Waals surface area contributed by atoms with Crippen molar-refractivity contribution in [1.29, 1.82) is 5.26 Å². The highest BCUT2D eigenvalue weighted by Crippen LogP contribution is 2.66. The number of carbonyl (C=O) groups excluding carboxylic acids is 3. The highest BCUT2D eigenvalue weighted by molar-refractivity contribution is 5.91. The molecule has 62 heavy (non-hydrogen) atoms. The van der Waals surface area contributed by atoms with E-state index in [1.165, 1.54) is 77.3 Å². The van der Waals surface area contributed by atoms with Gasteiger partial charge >= 0.3 is 0 Å². The Hall–Kier alpha value is -3.23. The van der Waals surface area contributed by atoms with Gasteiger partial charge in [-0.2, -0.15) is 10.4 Å². The molecule has 2 aromatic rings. The molecule has 0 spiro atoms. The number of nitriles is 1. The van der Waals surface area contributed by atoms with Gasteiger partial charge in [0.25, 0.3) is 0 Å². The smallest absolute Gasteiger partial charge is 0.181 e. The van der Waals surface area contributed by atoms with E-state index in [-0.39, 0.29) is 48.2 Å². The van der Waals surface area contributed by atoms with E-state index < -0.39 is 11.2 Å². The highest BCUT2D eigenvalue weighted by atomic mass is 16.3. The lowest BCUT2D eigenvalue weighted by Crippen LogP contribution is -2.51. The molecule has 340 valence electrons. The van der Waals surface area contributed by atoms with Gasteiger partial charge in [-0.15, -0.1) is 5.10 Å². The molecule has 16 atom stereocenters. The van der Waals surface area contributed by atoms with Crippen molar-refractivity contribution in [2.75, 3.05) is 0 Å². The number of hydrogen-bond donors (Lipinski definition) is 2. The number of rotatable bonds is 7. The standard InChI is InChI=1S/C25H37N3O3.C25H35N3O2.CH4/c1-15(29)22-13-28(27-26-22)14-23(30)21-7-6-20-19-5-4-16-12-24(2,31)10-8-17(16)18(19)9-11-25(20,21)3;1-24(30)9-7-18-17(11-24)3-4-20-19(18)8-10-25(2)21(20)5-6-22(25)23(29)15-28-14-16(12-26)13-27-28;/h13,16-21,31H,4-12,14H2,1-3H3;13-14,17-22,30H,3-11,15H2,1-2H3;1H4/t16-,17+,18-,19-,20+,21-,24-,25+;17-,18+,19-,20-,21+,22-,24-,25+;/m11./s1. The lowest BCUT2D eigenvalue weighted by molar-refractivity contribution is -0.133. The maximum Gasteiger partial charge on any atom is 0.181 e. The topological polar surface area (TPSA) is 164 Å². The van der Waals surface area contributed by atoms with Gasteiger partial charge in [-0.3, -0.25) is 19.1 Å². The molecule has 2 N–H and O–H groups in total. The van der Waals surface area contributed by atoms with Crippen molar-refractivity contribution in [3.8, 4) is 6.07 Å². The van der Waals surface area contributed by atoms with Crippen LogP contribution in [0.5, 0.6) is 0 Å². The number of ketones is 3. The molecule has 0 amide bonds. The fraction of sp³-hybridized carbons (Fsp3) is 0.824. The monoisotopic (exact) mass is 853 g/mol. The van der Waals surface area contributed by atoms with Crippen LogP contribution in [0.15, 0.2) is 18.6 Å². The van der Waals surface area contributed by atoms with E-state index in [0.29, 0.717) is 47.3 Å². The molecule has 0 aromatic carbocycles. The lowest BCUT2D eigenvalue weighted by Gasteiger charge is -2.56. The predicted octanol–water partition coefficient (Wildman–Crippen LogP) is 9.05. The van der Waals surface area contributed by atoms with Gasteiger partial charge in [0.15, 0.2) is 17.3 Å². The molecule has 2 heterocycles. The minimum atomic E-state index is -0.467. The zero-order valence-corrected chi connectivity index (χ0v) is 37.6. The second-order valence-corrected chi connectivity index (χ2v) is 23.0. The average molecular weight is 853 g/mol. The molecule has 8 fully saturated rings. The first kappa shape index (κ1) is 45.3. The van der Waals surface area contributed by atoms with Crippen LogP contribution >= 0.6 is 0 Å². The zero-order chi connectivity index (χ0) is 43.1. The third-order valence-electron chi connectivity index (χ3n) is 19.5. The second-order valence-electron chi connectivity index (χ2n) is 23.0. The van der Waals surface area contributed by atoms with E-state index in [2.05, 4.69) is 35.3 Å². The molecule has 11 heteroatoms. The van der Waals surface area contributed by atoms with Gasteiger partial charge in [0, 0.05) is 25.0 Å². The van der Waals surface area contributed by atoms with E-state index in [0.717, 1.165) is 86.9 Å². The maximum atomic E-state index is 13.3. The largest absolute Gasteiger partial charge is 0.390 e. The number of fused-ring (bicyclic) bond motifs is 10. The quantitative estimate of drug-likeness (QED) is 0.259. The summed E-state index contributed by atoms with van der Waals surface area (Å²) in [7, 11) is 0. The Bertz CT molecular complexity index is 2030. The Labute approximate surface area is 370 Å². The fourth-order valence-electron chi connectivity index (χ4n) is 16.8. The third-order valence-corrected chi connectivity index (χ3v) is 19.5. The van der Waals surface area contributed by atoms with Crippen LogP contribution in [0.25, 0.3) is 0 Å². The van der Waals surface area contributed by atoms with Crippen LogP contribution in [-0.4, -0.2) is 63.5 Å². The summed E-state index contributed by atoms with van der Waals surface area (Å²) >= 11 is 0. The van der Waals surface area contributed by atoms with Gasteiger partial charge in [0.1, 0.15) is 18.3 Å². The van der Waals surface area contributed by atoms with Gasteiger partial charge < -0.3 is 10.2 Å². The molecule has 0 radical (unpaired) electrons. The Kier molecular flexibility index (Phi) is 12.4. The summed E-state index contributed by atoms with van der Waals surface area (Å²) in [5, 5.41) is 42.3. The molecular weight excluding hydrogens is 777 g/mol. The van der Waals surface area contributed by atoms with Crippen molar-refractivity contribution < 1.29 is 24.6 Å². The van der Waals surface area contributed by atoms with Crippen LogP contribution in [0.2, 0.25) is 0 Å². The van der Waals surface area contributed by atoms with Crippen LogP contribution in [0, 0.1) is 93.2 Å². The average Bonchev–Trinajstić information content (AvgIpc) is 4.02. The summed E-state index contributed by atoms with van der Waals surface area (Å²) < 4.78 is 3.18. The number of hydrogen-bond acceptors (Lipinski definition) is 9. The molecule has 11 nitrogen and oxygen atoms in total. The number of nitrogens with zero attached hydrogens (tertiary/aromatic N) is 6. The van der Waals surface area contributed by atoms with Crippen LogP contribution in [0.4, 0.5) is 0 Å². The minimum absolute atomic E-state index is 0. The lowest BCUT2D eigenvalue weighted by atomic mass is 9.49. The summed E-state index contributed by atoms with van der Waals surface area (Å²) in [4.78, 5) is 38.1. The summed E-state index contributed by atoms with van der Waals surface area (Å²) in [6.45, 7) is 10.8. The normalized spacial score (nSPS) is 44.0. The Balaban J connectivity index is 0.000000168. The van der Waals surface area contributed by atoms with Crippen LogP contribution in [0.3, 0.4) is 0 Å². The Morgan fingerprint density at radius 2 is 1.15 bits per heavy atom. The van der Waals surface area contributed by atoms with Gasteiger partial charge in [-0.05, 0) is 199 Å². The van der Waals surface area contributed by atoms with Crippen molar-refractivity contribution in [2.45, 2.75) is 182 Å². The number of aliphatic hydroxyl groups is 2. The molecule has 8 aliphatic carbocycles.